The first-order valence-corrected chi connectivity index (χ1v) is 11.0. The second kappa shape index (κ2) is 8.43. The molecule has 31 heavy (non-hydrogen) atoms. The zero-order valence-electron chi connectivity index (χ0n) is 17.4. The molecule has 1 aromatic rings. The van der Waals surface area contributed by atoms with Gasteiger partial charge in [-0.2, -0.15) is 9.97 Å². The fourth-order valence-electron chi connectivity index (χ4n) is 3.39. The highest BCUT2D eigenvalue weighted by Crippen LogP contribution is 2.50. The minimum absolute atomic E-state index is 0.0726. The predicted octanol–water partition coefficient (Wildman–Crippen LogP) is -0.0104. The Morgan fingerprint density at radius 3 is 2.74 bits per heavy atom. The second-order valence-electron chi connectivity index (χ2n) is 8.31. The molecule has 0 bridgehead atoms. The Bertz CT molecular complexity index is 882. The van der Waals surface area contributed by atoms with Crippen LogP contribution in [0.5, 0.6) is 0 Å². The van der Waals surface area contributed by atoms with E-state index in [9.17, 15) is 15.0 Å². The fourth-order valence-corrected chi connectivity index (χ4v) is 4.35. The molecule has 2 fully saturated rings. The summed E-state index contributed by atoms with van der Waals surface area (Å²) >= 11 is 1.33. The van der Waals surface area contributed by atoms with E-state index in [1.807, 2.05) is 0 Å². The number of aliphatic hydroxyl groups excluding tert-OH is 2. The lowest BCUT2D eigenvalue weighted by Gasteiger charge is -2.28. The summed E-state index contributed by atoms with van der Waals surface area (Å²) in [5.74, 6) is 0.446. The van der Waals surface area contributed by atoms with Gasteiger partial charge in [0.1, 0.15) is 36.8 Å². The Kier molecular flexibility index (Phi) is 6.01. The number of nitrogen functional groups attached to an aromatic ring is 1. The summed E-state index contributed by atoms with van der Waals surface area (Å²) in [7, 11) is 0. The van der Waals surface area contributed by atoms with Crippen LogP contribution in [0.1, 0.15) is 26.7 Å². The molecular formula is C19H28N6O5S. The van der Waals surface area contributed by atoms with Crippen LogP contribution in [0.3, 0.4) is 0 Å². The lowest BCUT2D eigenvalue weighted by Crippen LogP contribution is -2.42. The molecule has 0 radical (unpaired) electrons. The molecule has 1 saturated carbocycles. The van der Waals surface area contributed by atoms with Crippen molar-refractivity contribution in [2.45, 2.75) is 68.2 Å². The first kappa shape index (κ1) is 22.1. The predicted molar refractivity (Wildman–Crippen MR) is 115 cm³/mol. The van der Waals surface area contributed by atoms with Crippen LogP contribution in [0.4, 0.5) is 17.6 Å². The largest absolute Gasteiger partial charge is 0.462 e. The molecule has 7 N–H and O–H groups in total. The number of fused-ring (bicyclic) bond motifs is 1. The van der Waals surface area contributed by atoms with Gasteiger partial charge in [0.2, 0.25) is 5.95 Å². The van der Waals surface area contributed by atoms with Crippen LogP contribution in [0.2, 0.25) is 0 Å². The van der Waals surface area contributed by atoms with Gasteiger partial charge < -0.3 is 36.5 Å². The molecule has 1 aromatic heterocycles. The third kappa shape index (κ3) is 4.30. The number of hydrogen-bond acceptors (Lipinski definition) is 12. The lowest BCUT2D eigenvalue weighted by molar-refractivity contribution is -0.151. The highest BCUT2D eigenvalue weighted by Gasteiger charge is 2.49. The average Bonchev–Trinajstić information content (AvgIpc) is 3.41. The van der Waals surface area contributed by atoms with E-state index in [1.54, 1.807) is 18.7 Å². The summed E-state index contributed by atoms with van der Waals surface area (Å²) in [6.07, 6.45) is -2.37. The van der Waals surface area contributed by atoms with Crippen LogP contribution in [-0.4, -0.2) is 69.4 Å². The number of aromatic nitrogens is 2. The van der Waals surface area contributed by atoms with E-state index in [2.05, 4.69) is 21.9 Å². The molecule has 170 valence electrons. The van der Waals surface area contributed by atoms with Crippen LogP contribution in [0.15, 0.2) is 16.5 Å². The molecule has 4 rings (SSSR count). The first-order chi connectivity index (χ1) is 14.7. The van der Waals surface area contributed by atoms with E-state index in [0.29, 0.717) is 22.7 Å². The van der Waals surface area contributed by atoms with E-state index in [4.69, 9.17) is 20.9 Å². The number of thioether (sulfide) groups is 1. The SMILES string of the molecule is C=C1Sc2c(NC3CC3)nc(N)nc2N1[C@@H]1O[C@H](COC(=O)[C@@H](N)C(C)C)[C@@H](O)[C@H]1O. The number of nitrogens with one attached hydrogen (secondary N) is 1. The van der Waals surface area contributed by atoms with Crippen LogP contribution in [-0.2, 0) is 14.3 Å². The maximum Gasteiger partial charge on any atom is 0.323 e. The first-order valence-electron chi connectivity index (χ1n) is 10.2. The number of ether oxygens (including phenoxy) is 2. The number of nitrogens with two attached hydrogens (primary N) is 2. The minimum atomic E-state index is -1.29. The fraction of sp³-hybridized carbons (Fsp3) is 0.632. The molecule has 11 nitrogen and oxygen atoms in total. The van der Waals surface area contributed by atoms with Crippen molar-refractivity contribution in [2.75, 3.05) is 22.6 Å². The topological polar surface area (TPSA) is 169 Å². The molecule has 3 aliphatic rings. The van der Waals surface area contributed by atoms with Crippen molar-refractivity contribution >= 4 is 35.3 Å². The summed E-state index contributed by atoms with van der Waals surface area (Å²) in [5.41, 5.74) is 11.7. The highest BCUT2D eigenvalue weighted by molar-refractivity contribution is 8.03. The minimum Gasteiger partial charge on any atom is -0.462 e. The van der Waals surface area contributed by atoms with E-state index in [1.165, 1.54) is 11.8 Å². The summed E-state index contributed by atoms with van der Waals surface area (Å²) < 4.78 is 11.1. The Balaban J connectivity index is 1.51. The molecule has 0 unspecified atom stereocenters. The van der Waals surface area contributed by atoms with Crippen molar-refractivity contribution in [3.8, 4) is 0 Å². The maximum absolute atomic E-state index is 12.0. The van der Waals surface area contributed by atoms with Gasteiger partial charge in [-0.3, -0.25) is 9.69 Å². The molecular weight excluding hydrogens is 424 g/mol. The Labute approximate surface area is 184 Å². The van der Waals surface area contributed by atoms with Crippen LogP contribution in [0, 0.1) is 5.92 Å². The molecule has 5 atom stereocenters. The smallest absolute Gasteiger partial charge is 0.323 e. The third-order valence-corrected chi connectivity index (χ3v) is 6.48. The average molecular weight is 453 g/mol. The standard InChI is InChI=1S/C19H28N6O5S/c1-7(2)11(20)18(28)29-6-10-12(26)13(27)17(30-10)25-8(3)31-14-15(22-9-4-5-9)23-19(21)24-16(14)25/h7,9-13,17,26-27H,3-6,20H2,1-2H3,(H3,21,22,23,24)/t10-,11+,12-,13-,17-/m1/s1. The van der Waals surface area contributed by atoms with Gasteiger partial charge in [0.05, 0.1) is 9.92 Å². The van der Waals surface area contributed by atoms with E-state index >= 15 is 0 Å². The van der Waals surface area contributed by atoms with Gasteiger partial charge in [0.15, 0.2) is 12.0 Å². The van der Waals surface area contributed by atoms with Gasteiger partial charge in [-0.25, -0.2) is 0 Å². The molecule has 1 saturated heterocycles. The van der Waals surface area contributed by atoms with Crippen molar-refractivity contribution in [1.29, 1.82) is 0 Å². The van der Waals surface area contributed by atoms with Gasteiger partial charge in [0, 0.05) is 6.04 Å². The number of aliphatic hydroxyl groups is 2. The summed E-state index contributed by atoms with van der Waals surface area (Å²) in [6.45, 7) is 7.41. The van der Waals surface area contributed by atoms with Crippen LogP contribution >= 0.6 is 11.8 Å². The molecule has 0 spiro atoms. The number of esters is 1. The normalized spacial score (nSPS) is 28.7. The molecule has 0 amide bonds. The van der Waals surface area contributed by atoms with Gasteiger partial charge in [-0.15, -0.1) is 0 Å². The van der Waals surface area contributed by atoms with Crippen LogP contribution in [0.25, 0.3) is 0 Å². The summed E-state index contributed by atoms with van der Waals surface area (Å²) in [5, 5.41) is 25.0. The maximum atomic E-state index is 12.0. The van der Waals surface area contributed by atoms with E-state index < -0.39 is 36.6 Å². The molecule has 1 aliphatic carbocycles. The van der Waals surface area contributed by atoms with Gasteiger partial charge in [-0.05, 0) is 18.8 Å². The van der Waals surface area contributed by atoms with Crippen molar-refractivity contribution in [2.24, 2.45) is 11.7 Å². The molecule has 12 heteroatoms. The Morgan fingerprint density at radius 2 is 2.10 bits per heavy atom. The number of carbonyl (C=O) groups is 1. The molecule has 0 aromatic carbocycles. The number of anilines is 3. The third-order valence-electron chi connectivity index (χ3n) is 5.47. The van der Waals surface area contributed by atoms with Gasteiger partial charge in [-0.1, -0.05) is 32.2 Å². The Morgan fingerprint density at radius 1 is 1.39 bits per heavy atom. The van der Waals surface area contributed by atoms with Crippen molar-refractivity contribution < 1.29 is 24.5 Å². The van der Waals surface area contributed by atoms with Crippen molar-refractivity contribution in [3.05, 3.63) is 11.6 Å². The van der Waals surface area contributed by atoms with E-state index in [-0.39, 0.29) is 18.5 Å². The summed E-state index contributed by atoms with van der Waals surface area (Å²) in [4.78, 5) is 23.0. The number of hydrogen-bond donors (Lipinski definition) is 5. The summed E-state index contributed by atoms with van der Waals surface area (Å²) in [6, 6.07) is -0.425. The van der Waals surface area contributed by atoms with Crippen LogP contribution < -0.4 is 21.7 Å². The molecule has 2 aliphatic heterocycles. The Hall–Kier alpha value is -2.12. The monoisotopic (exact) mass is 452 g/mol. The van der Waals surface area contributed by atoms with E-state index in [0.717, 1.165) is 17.7 Å². The highest BCUT2D eigenvalue weighted by atomic mass is 32.2. The zero-order chi connectivity index (χ0) is 22.4. The van der Waals surface area contributed by atoms with Gasteiger partial charge >= 0.3 is 5.97 Å². The van der Waals surface area contributed by atoms with Gasteiger partial charge in [0.25, 0.3) is 0 Å². The van der Waals surface area contributed by atoms with Crippen molar-refractivity contribution in [1.82, 2.24) is 9.97 Å². The second-order valence-corrected chi connectivity index (χ2v) is 9.40. The molecule has 3 heterocycles. The lowest BCUT2D eigenvalue weighted by atomic mass is 10.1. The number of rotatable bonds is 7. The number of nitrogens with zero attached hydrogens (tertiary/aromatic N) is 3. The van der Waals surface area contributed by atoms with Crippen molar-refractivity contribution in [3.63, 3.8) is 0 Å². The quantitative estimate of drug-likeness (QED) is 0.351. The zero-order valence-corrected chi connectivity index (χ0v) is 18.2. The number of carbonyl (C=O) groups excluding carboxylic acids is 1.